The third-order valence-electron chi connectivity index (χ3n) is 3.92. The molecule has 4 aromatic heterocycles. The van der Waals surface area contributed by atoms with E-state index in [0.29, 0.717) is 16.8 Å². The van der Waals surface area contributed by atoms with Gasteiger partial charge in [0.1, 0.15) is 16.3 Å². The monoisotopic (exact) mass is 379 g/mol. The van der Waals surface area contributed by atoms with Crippen LogP contribution in [-0.2, 0) is 6.54 Å². The van der Waals surface area contributed by atoms with Gasteiger partial charge in [-0.1, -0.05) is 0 Å². The Hall–Kier alpha value is -3.52. The number of nitrogens with zero attached hydrogens (tertiary/aromatic N) is 2. The Morgan fingerprint density at radius 1 is 1.15 bits per heavy atom. The molecule has 0 aliphatic heterocycles. The first-order valence-corrected chi connectivity index (χ1v) is 8.82. The Balaban J connectivity index is 1.68. The second-order valence-corrected chi connectivity index (χ2v) is 6.77. The first-order valence-electron chi connectivity index (χ1n) is 8.00. The Morgan fingerprint density at radius 2 is 2.04 bits per heavy atom. The zero-order valence-corrected chi connectivity index (χ0v) is 14.7. The van der Waals surface area contributed by atoms with Crippen LogP contribution in [0.25, 0.3) is 21.3 Å². The molecule has 0 aliphatic carbocycles. The lowest BCUT2D eigenvalue weighted by Gasteiger charge is -2.07. The second kappa shape index (κ2) is 7.00. The van der Waals surface area contributed by atoms with E-state index in [0.717, 1.165) is 21.6 Å². The van der Waals surface area contributed by atoms with E-state index in [2.05, 4.69) is 15.3 Å². The van der Waals surface area contributed by atoms with Gasteiger partial charge in [-0.15, -0.1) is 11.3 Å². The van der Waals surface area contributed by atoms with Crippen molar-refractivity contribution < 1.29 is 19.1 Å². The van der Waals surface area contributed by atoms with E-state index in [1.165, 1.54) is 0 Å². The van der Waals surface area contributed by atoms with E-state index >= 15 is 0 Å². The highest BCUT2D eigenvalue weighted by molar-refractivity contribution is 7.17. The molecule has 134 valence electrons. The molecule has 0 saturated heterocycles. The third kappa shape index (κ3) is 3.42. The van der Waals surface area contributed by atoms with Crippen molar-refractivity contribution in [2.45, 2.75) is 6.54 Å². The van der Waals surface area contributed by atoms with Gasteiger partial charge in [-0.25, -0.2) is 9.78 Å². The summed E-state index contributed by atoms with van der Waals surface area (Å²) in [6, 6.07) is 10.2. The van der Waals surface area contributed by atoms with E-state index < -0.39 is 5.97 Å². The molecule has 27 heavy (non-hydrogen) atoms. The van der Waals surface area contributed by atoms with Crippen LogP contribution in [0.2, 0.25) is 0 Å². The lowest BCUT2D eigenvalue weighted by Crippen LogP contribution is -2.23. The second-order valence-electron chi connectivity index (χ2n) is 5.69. The number of carboxylic acids is 1. The maximum atomic E-state index is 12.4. The number of fused-ring (bicyclic) bond motifs is 1. The van der Waals surface area contributed by atoms with E-state index in [9.17, 15) is 9.59 Å². The molecule has 1 amide bonds. The number of pyridine rings is 2. The normalized spacial score (nSPS) is 10.8. The molecule has 0 radical (unpaired) electrons. The summed E-state index contributed by atoms with van der Waals surface area (Å²) in [5.74, 6) is -0.660. The quantitative estimate of drug-likeness (QED) is 0.549. The number of carboxylic acid groups (broad SMARTS) is 1. The van der Waals surface area contributed by atoms with Crippen molar-refractivity contribution in [3.05, 3.63) is 71.4 Å². The summed E-state index contributed by atoms with van der Waals surface area (Å²) in [5, 5.41) is 12.7. The van der Waals surface area contributed by atoms with Crippen LogP contribution in [0.4, 0.5) is 0 Å². The summed E-state index contributed by atoms with van der Waals surface area (Å²) in [5.41, 5.74) is 1.54. The Kier molecular flexibility index (Phi) is 4.39. The highest BCUT2D eigenvalue weighted by Crippen LogP contribution is 2.32. The molecule has 8 heteroatoms. The van der Waals surface area contributed by atoms with Crippen molar-refractivity contribution in [1.82, 2.24) is 15.3 Å². The minimum Gasteiger partial charge on any atom is -0.477 e. The van der Waals surface area contributed by atoms with Crippen molar-refractivity contribution in [1.29, 1.82) is 0 Å². The van der Waals surface area contributed by atoms with Crippen LogP contribution in [0, 0.1) is 0 Å². The fourth-order valence-corrected chi connectivity index (χ4v) is 3.47. The van der Waals surface area contributed by atoms with Crippen molar-refractivity contribution in [2.75, 3.05) is 0 Å². The standard InChI is InChI=1S/C19H13N3O4S/c23-18(21-9-12-2-1-7-26-12)14-4-3-11-8-20-10-13(17(11)22-14)15-5-6-16(27-15)19(24)25/h1-8,10H,9H2,(H,21,23)(H,24,25). The van der Waals surface area contributed by atoms with Gasteiger partial charge in [-0.2, -0.15) is 0 Å². The predicted molar refractivity (Wildman–Crippen MR) is 99.7 cm³/mol. The molecule has 4 heterocycles. The van der Waals surface area contributed by atoms with E-state index in [1.54, 1.807) is 55.1 Å². The van der Waals surface area contributed by atoms with Gasteiger partial charge in [0.15, 0.2) is 0 Å². The highest BCUT2D eigenvalue weighted by Gasteiger charge is 2.14. The lowest BCUT2D eigenvalue weighted by atomic mass is 10.1. The molecular formula is C19H13N3O4S. The summed E-state index contributed by atoms with van der Waals surface area (Å²) >= 11 is 1.14. The lowest BCUT2D eigenvalue weighted by molar-refractivity contribution is 0.0702. The molecule has 0 aromatic carbocycles. The zero-order valence-electron chi connectivity index (χ0n) is 13.9. The van der Waals surface area contributed by atoms with Crippen LogP contribution in [-0.4, -0.2) is 27.0 Å². The molecule has 4 aromatic rings. The molecule has 0 fully saturated rings. The average Bonchev–Trinajstić information content (AvgIpc) is 3.37. The fourth-order valence-electron chi connectivity index (χ4n) is 2.62. The first-order chi connectivity index (χ1) is 13.1. The molecule has 0 aliphatic rings. The number of aromatic nitrogens is 2. The highest BCUT2D eigenvalue weighted by atomic mass is 32.1. The van der Waals surface area contributed by atoms with Gasteiger partial charge in [0, 0.05) is 28.2 Å². The SMILES string of the molecule is O=C(NCc1ccco1)c1ccc2cncc(-c3ccc(C(=O)O)s3)c2n1. The Labute approximate surface area is 157 Å². The van der Waals surface area contributed by atoms with E-state index in [1.807, 2.05) is 0 Å². The maximum absolute atomic E-state index is 12.4. The molecule has 0 bridgehead atoms. The summed E-state index contributed by atoms with van der Waals surface area (Å²) < 4.78 is 5.20. The van der Waals surface area contributed by atoms with Gasteiger partial charge in [0.05, 0.1) is 18.3 Å². The van der Waals surface area contributed by atoms with Gasteiger partial charge >= 0.3 is 5.97 Å². The number of furan rings is 1. The number of nitrogens with one attached hydrogen (secondary N) is 1. The van der Waals surface area contributed by atoms with Crippen LogP contribution < -0.4 is 5.32 Å². The van der Waals surface area contributed by atoms with Crippen LogP contribution in [0.15, 0.2) is 59.5 Å². The average molecular weight is 379 g/mol. The van der Waals surface area contributed by atoms with Gasteiger partial charge in [0.25, 0.3) is 5.91 Å². The number of rotatable bonds is 5. The minimum absolute atomic E-state index is 0.231. The number of thiophene rings is 1. The van der Waals surface area contributed by atoms with Crippen LogP contribution in [0.3, 0.4) is 0 Å². The van der Waals surface area contributed by atoms with Crippen LogP contribution >= 0.6 is 11.3 Å². The van der Waals surface area contributed by atoms with Crippen molar-refractivity contribution >= 4 is 34.1 Å². The summed E-state index contributed by atoms with van der Waals surface area (Å²) in [6.45, 7) is 0.266. The minimum atomic E-state index is -0.981. The topological polar surface area (TPSA) is 105 Å². The number of aromatic carboxylic acids is 1. The van der Waals surface area contributed by atoms with Gasteiger partial charge in [-0.3, -0.25) is 9.78 Å². The number of amides is 1. The van der Waals surface area contributed by atoms with Gasteiger partial charge in [0.2, 0.25) is 0 Å². The molecular weight excluding hydrogens is 366 g/mol. The molecule has 0 spiro atoms. The molecule has 0 unspecified atom stereocenters. The van der Waals surface area contributed by atoms with Crippen LogP contribution in [0.1, 0.15) is 25.9 Å². The number of hydrogen-bond acceptors (Lipinski definition) is 6. The molecule has 2 N–H and O–H groups in total. The van der Waals surface area contributed by atoms with E-state index in [4.69, 9.17) is 9.52 Å². The first kappa shape index (κ1) is 16.9. The fraction of sp³-hybridized carbons (Fsp3) is 0.0526. The number of carbonyl (C=O) groups excluding carboxylic acids is 1. The summed E-state index contributed by atoms with van der Waals surface area (Å²) in [7, 11) is 0. The van der Waals surface area contributed by atoms with Gasteiger partial charge in [-0.05, 0) is 36.4 Å². The predicted octanol–water partition coefficient (Wildman–Crippen LogP) is 3.58. The van der Waals surface area contributed by atoms with Crippen LogP contribution in [0.5, 0.6) is 0 Å². The zero-order chi connectivity index (χ0) is 18.8. The smallest absolute Gasteiger partial charge is 0.345 e. The van der Waals surface area contributed by atoms with Crippen molar-refractivity contribution in [2.24, 2.45) is 0 Å². The Morgan fingerprint density at radius 3 is 2.78 bits per heavy atom. The molecule has 4 rings (SSSR count). The number of hydrogen-bond donors (Lipinski definition) is 2. The summed E-state index contributed by atoms with van der Waals surface area (Å²) in [6.07, 6.45) is 4.82. The summed E-state index contributed by atoms with van der Waals surface area (Å²) in [4.78, 5) is 33.2. The van der Waals surface area contributed by atoms with E-state index in [-0.39, 0.29) is 23.0 Å². The van der Waals surface area contributed by atoms with Gasteiger partial charge < -0.3 is 14.8 Å². The molecule has 7 nitrogen and oxygen atoms in total. The maximum Gasteiger partial charge on any atom is 0.345 e. The molecule has 0 saturated carbocycles. The largest absolute Gasteiger partial charge is 0.477 e. The van der Waals surface area contributed by atoms with Crippen molar-refractivity contribution in [3.63, 3.8) is 0 Å². The molecule has 0 atom stereocenters. The number of carbonyl (C=O) groups is 2. The Bertz CT molecular complexity index is 1140. The third-order valence-corrected chi connectivity index (χ3v) is 5.02. The van der Waals surface area contributed by atoms with Crippen molar-refractivity contribution in [3.8, 4) is 10.4 Å².